The summed E-state index contributed by atoms with van der Waals surface area (Å²) in [5.74, 6) is 1.03. The summed E-state index contributed by atoms with van der Waals surface area (Å²) in [6.07, 6.45) is 16.8. The molecule has 0 radical (unpaired) electrons. The van der Waals surface area contributed by atoms with Crippen LogP contribution in [0.15, 0.2) is 66.7 Å². The number of unbranched alkanes of at least 4 members (excludes halogenated alkanes) is 1. The highest BCUT2D eigenvalue weighted by Crippen LogP contribution is 2.45. The largest absolute Gasteiger partial charge is 0.207 e. The summed E-state index contributed by atoms with van der Waals surface area (Å²) in [7, 11) is 0. The molecule has 2 aliphatic rings. The van der Waals surface area contributed by atoms with Crippen LogP contribution in [0.1, 0.15) is 95.1 Å². The molecule has 5 rings (SSSR count). The van der Waals surface area contributed by atoms with Crippen molar-refractivity contribution in [2.45, 2.75) is 90.4 Å². The van der Waals surface area contributed by atoms with Crippen LogP contribution in [0.2, 0.25) is 0 Å². The Kier molecular flexibility index (Phi) is 9.50. The van der Waals surface area contributed by atoms with Crippen molar-refractivity contribution in [3.8, 4) is 22.3 Å². The first-order chi connectivity index (χ1) is 19.5. The van der Waals surface area contributed by atoms with Crippen LogP contribution in [0.5, 0.6) is 0 Å². The molecule has 2 fully saturated rings. The molecular formula is C37H43F3. The lowest BCUT2D eigenvalue weighted by atomic mass is 9.68. The van der Waals surface area contributed by atoms with Crippen LogP contribution < -0.4 is 0 Å². The zero-order valence-corrected chi connectivity index (χ0v) is 24.1. The van der Waals surface area contributed by atoms with Crippen molar-refractivity contribution in [3.05, 3.63) is 95.3 Å². The molecule has 40 heavy (non-hydrogen) atoms. The lowest BCUT2D eigenvalue weighted by Crippen LogP contribution is -2.25. The molecule has 0 nitrogen and oxygen atoms in total. The van der Waals surface area contributed by atoms with Gasteiger partial charge in [-0.25, -0.2) is 13.2 Å². The minimum Gasteiger partial charge on any atom is -0.207 e. The van der Waals surface area contributed by atoms with Crippen LogP contribution in [0, 0.1) is 35.2 Å². The van der Waals surface area contributed by atoms with Gasteiger partial charge in [-0.15, -0.1) is 0 Å². The maximum Gasteiger partial charge on any atom is 0.166 e. The van der Waals surface area contributed by atoms with Gasteiger partial charge in [0.2, 0.25) is 0 Å². The highest BCUT2D eigenvalue weighted by molar-refractivity contribution is 5.71. The maximum absolute atomic E-state index is 15.4. The third-order valence-corrected chi connectivity index (χ3v) is 9.65. The van der Waals surface area contributed by atoms with Gasteiger partial charge in [-0.1, -0.05) is 74.0 Å². The summed E-state index contributed by atoms with van der Waals surface area (Å²) in [5.41, 5.74) is 3.82. The second kappa shape index (κ2) is 13.2. The van der Waals surface area contributed by atoms with Crippen molar-refractivity contribution in [1.82, 2.24) is 0 Å². The van der Waals surface area contributed by atoms with Crippen LogP contribution in [0.25, 0.3) is 22.3 Å². The minimum atomic E-state index is -0.798. The molecule has 0 amide bonds. The molecule has 3 aromatic carbocycles. The Hall–Kier alpha value is -2.81. The monoisotopic (exact) mass is 544 g/mol. The van der Waals surface area contributed by atoms with E-state index in [-0.39, 0.29) is 11.4 Å². The predicted molar refractivity (Wildman–Crippen MR) is 161 cm³/mol. The van der Waals surface area contributed by atoms with Gasteiger partial charge in [-0.2, -0.15) is 0 Å². The van der Waals surface area contributed by atoms with Gasteiger partial charge in [0.05, 0.1) is 0 Å². The van der Waals surface area contributed by atoms with E-state index in [1.54, 1.807) is 30.3 Å². The second-order valence-corrected chi connectivity index (χ2v) is 12.1. The van der Waals surface area contributed by atoms with Crippen molar-refractivity contribution < 1.29 is 13.2 Å². The number of benzene rings is 3. The summed E-state index contributed by atoms with van der Waals surface area (Å²) >= 11 is 0. The molecule has 0 heterocycles. The molecule has 2 saturated carbocycles. The average molecular weight is 545 g/mol. The molecule has 0 aromatic heterocycles. The molecule has 3 aromatic rings. The fraction of sp³-hybridized carbons (Fsp3) is 0.459. The van der Waals surface area contributed by atoms with Crippen molar-refractivity contribution >= 4 is 0 Å². The Morgan fingerprint density at radius 2 is 1.32 bits per heavy atom. The minimum absolute atomic E-state index is 0.132. The van der Waals surface area contributed by atoms with E-state index in [0.717, 1.165) is 60.1 Å². The molecule has 0 unspecified atom stereocenters. The van der Waals surface area contributed by atoms with Gasteiger partial charge in [0.15, 0.2) is 11.6 Å². The molecule has 0 spiro atoms. The van der Waals surface area contributed by atoms with E-state index in [2.05, 4.69) is 19.1 Å². The van der Waals surface area contributed by atoms with Crippen LogP contribution in [-0.4, -0.2) is 0 Å². The zero-order chi connectivity index (χ0) is 28.1. The van der Waals surface area contributed by atoms with E-state index in [1.807, 2.05) is 31.2 Å². The SMILES string of the molecule is CC=CC1CCC(C2CCC(c3ccc(-c4ccc(-c5ccc(CCCC)c(F)c5F)cc4)cc3F)CC2)CC1. The number of hydrogen-bond donors (Lipinski definition) is 0. The Morgan fingerprint density at radius 1 is 0.700 bits per heavy atom. The lowest BCUT2D eigenvalue weighted by Gasteiger charge is -2.37. The number of hydrogen-bond acceptors (Lipinski definition) is 0. The van der Waals surface area contributed by atoms with Crippen LogP contribution in [0.3, 0.4) is 0 Å². The van der Waals surface area contributed by atoms with E-state index in [1.165, 1.54) is 38.5 Å². The van der Waals surface area contributed by atoms with Gasteiger partial charge < -0.3 is 0 Å². The molecule has 0 aliphatic heterocycles. The number of allylic oxidation sites excluding steroid dienone is 2. The van der Waals surface area contributed by atoms with E-state index in [9.17, 15) is 8.78 Å². The fourth-order valence-electron chi connectivity index (χ4n) is 7.24. The van der Waals surface area contributed by atoms with Crippen molar-refractivity contribution in [2.75, 3.05) is 0 Å². The Bertz CT molecular complexity index is 1290. The molecule has 2 aliphatic carbocycles. The van der Waals surface area contributed by atoms with E-state index in [0.29, 0.717) is 23.5 Å². The summed E-state index contributed by atoms with van der Waals surface area (Å²) in [5, 5.41) is 0. The Morgan fingerprint density at radius 3 is 1.95 bits per heavy atom. The standard InChI is InChI=1S/C37H43F3/c1-3-5-7-31-20-23-34(37(40)36(31)39)30-18-14-28(15-19-30)32-21-22-33(35(38)24-32)29-16-12-27(13-17-29)26-10-8-25(6-4-2)9-11-26/h4,6,14-15,18-27,29H,3,5,7-13,16-17H2,1-2H3. The van der Waals surface area contributed by atoms with Crippen LogP contribution in [-0.2, 0) is 6.42 Å². The van der Waals surface area contributed by atoms with Gasteiger partial charge in [0, 0.05) is 5.56 Å². The van der Waals surface area contributed by atoms with Gasteiger partial charge in [-0.05, 0) is 129 Å². The zero-order valence-electron chi connectivity index (χ0n) is 24.1. The normalized spacial score (nSPS) is 23.5. The molecule has 0 atom stereocenters. The van der Waals surface area contributed by atoms with E-state index >= 15 is 4.39 Å². The van der Waals surface area contributed by atoms with E-state index < -0.39 is 11.6 Å². The Labute approximate surface area is 238 Å². The van der Waals surface area contributed by atoms with Crippen LogP contribution >= 0.6 is 0 Å². The van der Waals surface area contributed by atoms with Crippen molar-refractivity contribution in [2.24, 2.45) is 17.8 Å². The molecule has 0 bridgehead atoms. The third-order valence-electron chi connectivity index (χ3n) is 9.65. The van der Waals surface area contributed by atoms with Gasteiger partial charge in [0.25, 0.3) is 0 Å². The van der Waals surface area contributed by atoms with Gasteiger partial charge >= 0.3 is 0 Å². The molecule has 0 N–H and O–H groups in total. The average Bonchev–Trinajstić information content (AvgIpc) is 2.99. The molecule has 0 saturated heterocycles. The van der Waals surface area contributed by atoms with Crippen molar-refractivity contribution in [3.63, 3.8) is 0 Å². The second-order valence-electron chi connectivity index (χ2n) is 12.1. The first-order valence-electron chi connectivity index (χ1n) is 15.5. The highest BCUT2D eigenvalue weighted by Gasteiger charge is 2.31. The summed E-state index contributed by atoms with van der Waals surface area (Å²) < 4.78 is 44.8. The maximum atomic E-state index is 15.4. The third kappa shape index (κ3) is 6.40. The molecule has 3 heteroatoms. The predicted octanol–water partition coefficient (Wildman–Crippen LogP) is 11.4. The Balaban J connectivity index is 1.22. The van der Waals surface area contributed by atoms with E-state index in [4.69, 9.17) is 0 Å². The first kappa shape index (κ1) is 28.7. The topological polar surface area (TPSA) is 0 Å². The van der Waals surface area contributed by atoms with Crippen LogP contribution in [0.4, 0.5) is 13.2 Å². The van der Waals surface area contributed by atoms with Crippen molar-refractivity contribution in [1.29, 1.82) is 0 Å². The lowest BCUT2D eigenvalue weighted by molar-refractivity contribution is 0.171. The highest BCUT2D eigenvalue weighted by atomic mass is 19.2. The summed E-state index contributed by atoms with van der Waals surface area (Å²) in [4.78, 5) is 0. The molecule has 212 valence electrons. The summed E-state index contributed by atoms with van der Waals surface area (Å²) in [6.45, 7) is 4.15. The number of aryl methyl sites for hydroxylation is 1. The number of halogens is 3. The van der Waals surface area contributed by atoms with Gasteiger partial charge in [-0.3, -0.25) is 0 Å². The summed E-state index contributed by atoms with van der Waals surface area (Å²) in [6, 6.07) is 16.3. The first-order valence-corrected chi connectivity index (χ1v) is 15.5. The smallest absolute Gasteiger partial charge is 0.166 e. The van der Waals surface area contributed by atoms with Gasteiger partial charge in [0.1, 0.15) is 5.82 Å². The fourth-order valence-corrected chi connectivity index (χ4v) is 7.24. The number of rotatable bonds is 8. The molecular weight excluding hydrogens is 501 g/mol. The quantitative estimate of drug-likeness (QED) is 0.247.